The summed E-state index contributed by atoms with van der Waals surface area (Å²) >= 11 is 3.05. The van der Waals surface area contributed by atoms with Crippen LogP contribution in [-0.4, -0.2) is 22.0 Å². The molecule has 1 aromatic heterocycles. The Bertz CT molecular complexity index is 676. The topological polar surface area (TPSA) is 50.7 Å². The van der Waals surface area contributed by atoms with Gasteiger partial charge in [-0.3, -0.25) is 0 Å². The van der Waals surface area contributed by atoms with Crippen molar-refractivity contribution in [1.82, 2.24) is 15.0 Å². The molecule has 110 valence electrons. The predicted molar refractivity (Wildman–Crippen MR) is 90.5 cm³/mol. The highest BCUT2D eigenvalue weighted by atomic mass is 32.2. The molecule has 0 radical (unpaired) electrons. The molecule has 0 saturated heterocycles. The Kier molecular flexibility index (Phi) is 4.92. The van der Waals surface area contributed by atoms with Crippen LogP contribution in [-0.2, 0) is 0 Å². The largest absolute Gasteiger partial charge is 0.357 e. The van der Waals surface area contributed by atoms with Crippen molar-refractivity contribution in [3.63, 3.8) is 0 Å². The van der Waals surface area contributed by atoms with Gasteiger partial charge in [0, 0.05) is 16.8 Å². The molecule has 1 heterocycles. The number of anilines is 1. The number of hydrogen-bond donors (Lipinski definition) is 1. The van der Waals surface area contributed by atoms with Gasteiger partial charge in [-0.25, -0.2) is 0 Å². The van der Waals surface area contributed by atoms with E-state index >= 15 is 0 Å². The second kappa shape index (κ2) is 7.29. The van der Waals surface area contributed by atoms with E-state index in [-0.39, 0.29) is 0 Å². The van der Waals surface area contributed by atoms with Gasteiger partial charge in [0.1, 0.15) is 0 Å². The van der Waals surface area contributed by atoms with Crippen molar-refractivity contribution < 1.29 is 0 Å². The molecule has 0 aliphatic heterocycles. The molecule has 0 amide bonds. The number of nitrogens with one attached hydrogen (secondary N) is 1. The van der Waals surface area contributed by atoms with Crippen LogP contribution in [0.25, 0.3) is 0 Å². The molecule has 4 nitrogen and oxygen atoms in total. The first kappa shape index (κ1) is 14.9. The van der Waals surface area contributed by atoms with Gasteiger partial charge in [-0.15, -0.1) is 0 Å². The van der Waals surface area contributed by atoms with Gasteiger partial charge >= 0.3 is 0 Å². The lowest BCUT2D eigenvalue weighted by Crippen LogP contribution is -2.01. The molecule has 0 saturated carbocycles. The summed E-state index contributed by atoms with van der Waals surface area (Å²) in [7, 11) is 1.81. The summed E-state index contributed by atoms with van der Waals surface area (Å²) in [6.07, 6.45) is 0. The second-order valence-electron chi connectivity index (χ2n) is 4.30. The Labute approximate surface area is 137 Å². The van der Waals surface area contributed by atoms with Crippen LogP contribution in [0.2, 0.25) is 0 Å². The summed E-state index contributed by atoms with van der Waals surface area (Å²) in [6.45, 7) is 0. The molecule has 0 bridgehead atoms. The van der Waals surface area contributed by atoms with Gasteiger partial charge in [-0.2, -0.15) is 15.0 Å². The van der Waals surface area contributed by atoms with E-state index in [1.165, 1.54) is 23.5 Å². The van der Waals surface area contributed by atoms with Gasteiger partial charge in [-0.05, 0) is 47.8 Å². The minimum atomic E-state index is 0.576. The summed E-state index contributed by atoms with van der Waals surface area (Å²) in [5.74, 6) is 0.576. The van der Waals surface area contributed by atoms with Gasteiger partial charge in [-0.1, -0.05) is 36.4 Å². The molecular formula is C16H14N4S2. The maximum atomic E-state index is 4.54. The first-order valence-corrected chi connectivity index (χ1v) is 8.36. The van der Waals surface area contributed by atoms with Gasteiger partial charge in [0.05, 0.1) is 0 Å². The molecule has 6 heteroatoms. The third kappa shape index (κ3) is 3.99. The summed E-state index contributed by atoms with van der Waals surface area (Å²) in [4.78, 5) is 15.6. The van der Waals surface area contributed by atoms with Gasteiger partial charge < -0.3 is 5.32 Å². The normalized spacial score (nSPS) is 10.4. The van der Waals surface area contributed by atoms with Crippen molar-refractivity contribution in [2.24, 2.45) is 0 Å². The number of benzene rings is 2. The molecule has 3 aromatic rings. The molecule has 1 N–H and O–H groups in total. The lowest BCUT2D eigenvalue weighted by atomic mass is 10.4. The molecule has 3 rings (SSSR count). The molecule has 0 fully saturated rings. The molecule has 0 spiro atoms. The highest BCUT2D eigenvalue weighted by molar-refractivity contribution is 7.99. The number of hydrogen-bond acceptors (Lipinski definition) is 6. The smallest absolute Gasteiger partial charge is 0.227 e. The van der Waals surface area contributed by atoms with E-state index in [2.05, 4.69) is 20.3 Å². The minimum absolute atomic E-state index is 0.576. The number of aromatic nitrogens is 3. The maximum absolute atomic E-state index is 4.54. The van der Waals surface area contributed by atoms with Crippen molar-refractivity contribution in [2.75, 3.05) is 12.4 Å². The van der Waals surface area contributed by atoms with E-state index in [9.17, 15) is 0 Å². The van der Waals surface area contributed by atoms with E-state index in [4.69, 9.17) is 0 Å². The van der Waals surface area contributed by atoms with Crippen LogP contribution < -0.4 is 5.32 Å². The van der Waals surface area contributed by atoms with E-state index in [1.54, 1.807) is 0 Å². The average Bonchev–Trinajstić information content (AvgIpc) is 2.56. The zero-order valence-electron chi connectivity index (χ0n) is 11.9. The van der Waals surface area contributed by atoms with Crippen molar-refractivity contribution in [3.05, 3.63) is 60.7 Å². The van der Waals surface area contributed by atoms with Crippen LogP contribution in [0, 0.1) is 0 Å². The van der Waals surface area contributed by atoms with Crippen LogP contribution in [0.4, 0.5) is 5.95 Å². The zero-order chi connectivity index (χ0) is 15.2. The molecule has 0 unspecified atom stereocenters. The molecule has 2 aromatic carbocycles. The fraction of sp³-hybridized carbons (Fsp3) is 0.0625. The van der Waals surface area contributed by atoms with E-state index in [0.29, 0.717) is 16.3 Å². The highest BCUT2D eigenvalue weighted by Gasteiger charge is 2.08. The van der Waals surface area contributed by atoms with Crippen LogP contribution in [0.5, 0.6) is 0 Å². The van der Waals surface area contributed by atoms with Gasteiger partial charge in [0.2, 0.25) is 5.95 Å². The number of rotatable bonds is 5. The molecule has 22 heavy (non-hydrogen) atoms. The molecule has 0 aliphatic rings. The SMILES string of the molecule is CNc1nc(Sc2ccccc2)nc(Sc2ccccc2)n1. The monoisotopic (exact) mass is 326 g/mol. The molecular weight excluding hydrogens is 312 g/mol. The lowest BCUT2D eigenvalue weighted by Gasteiger charge is -2.06. The fourth-order valence-electron chi connectivity index (χ4n) is 1.73. The summed E-state index contributed by atoms with van der Waals surface area (Å²) in [5.41, 5.74) is 0. The second-order valence-corrected chi connectivity index (χ2v) is 6.39. The van der Waals surface area contributed by atoms with Crippen molar-refractivity contribution in [2.45, 2.75) is 20.1 Å². The standard InChI is InChI=1S/C16H14N4S2/c1-17-14-18-15(21-12-8-4-2-5-9-12)20-16(19-14)22-13-10-6-3-7-11-13/h2-11H,1H3,(H,17,18,19,20). The van der Waals surface area contributed by atoms with E-state index < -0.39 is 0 Å². The Morgan fingerprint density at radius 1 is 0.682 bits per heavy atom. The zero-order valence-corrected chi connectivity index (χ0v) is 13.6. The average molecular weight is 326 g/mol. The quantitative estimate of drug-likeness (QED) is 0.758. The third-order valence-electron chi connectivity index (χ3n) is 2.72. The van der Waals surface area contributed by atoms with Crippen molar-refractivity contribution >= 4 is 29.5 Å². The Morgan fingerprint density at radius 3 is 1.55 bits per heavy atom. The van der Waals surface area contributed by atoms with E-state index in [0.717, 1.165) is 9.79 Å². The van der Waals surface area contributed by atoms with Crippen LogP contribution >= 0.6 is 23.5 Å². The summed E-state index contributed by atoms with van der Waals surface area (Å²) in [6, 6.07) is 20.2. The van der Waals surface area contributed by atoms with Crippen molar-refractivity contribution in [1.29, 1.82) is 0 Å². The van der Waals surface area contributed by atoms with Crippen LogP contribution in [0.3, 0.4) is 0 Å². The van der Waals surface area contributed by atoms with Gasteiger partial charge in [0.15, 0.2) is 10.3 Å². The van der Waals surface area contributed by atoms with E-state index in [1.807, 2.05) is 67.7 Å². The first-order chi connectivity index (χ1) is 10.8. The lowest BCUT2D eigenvalue weighted by molar-refractivity contribution is 0.808. The summed E-state index contributed by atoms with van der Waals surface area (Å²) in [5, 5.41) is 4.36. The minimum Gasteiger partial charge on any atom is -0.357 e. The number of nitrogens with zero attached hydrogens (tertiary/aromatic N) is 3. The Morgan fingerprint density at radius 2 is 1.14 bits per heavy atom. The van der Waals surface area contributed by atoms with Crippen molar-refractivity contribution in [3.8, 4) is 0 Å². The van der Waals surface area contributed by atoms with Crippen LogP contribution in [0.1, 0.15) is 0 Å². The van der Waals surface area contributed by atoms with Gasteiger partial charge in [0.25, 0.3) is 0 Å². The predicted octanol–water partition coefficient (Wildman–Crippen LogP) is 4.22. The Hall–Kier alpha value is -2.05. The Balaban J connectivity index is 1.86. The molecule has 0 atom stereocenters. The first-order valence-electron chi connectivity index (χ1n) is 6.73. The fourth-order valence-corrected chi connectivity index (χ4v) is 3.32. The third-order valence-corrected chi connectivity index (χ3v) is 4.47. The molecule has 0 aliphatic carbocycles. The highest BCUT2D eigenvalue weighted by Crippen LogP contribution is 2.29. The summed E-state index contributed by atoms with van der Waals surface area (Å²) < 4.78 is 0. The van der Waals surface area contributed by atoms with Crippen LogP contribution in [0.15, 0.2) is 80.8 Å². The maximum Gasteiger partial charge on any atom is 0.227 e.